The maximum Gasteiger partial charge on any atom is 0.312 e. The van der Waals surface area contributed by atoms with Crippen LogP contribution in [0.4, 0.5) is 0 Å². The quantitative estimate of drug-likeness (QED) is 0.574. The second-order valence-corrected chi connectivity index (χ2v) is 4.94. The van der Waals surface area contributed by atoms with E-state index in [1.54, 1.807) is 25.2 Å². The third-order valence-electron chi connectivity index (χ3n) is 3.55. The lowest BCUT2D eigenvalue weighted by Crippen LogP contribution is -2.53. The molecule has 2 aliphatic rings. The second kappa shape index (κ2) is 5.08. The van der Waals surface area contributed by atoms with Crippen molar-refractivity contribution < 1.29 is 23.9 Å². The number of fused-ring (bicyclic) bond motifs is 1. The van der Waals surface area contributed by atoms with Crippen LogP contribution in [0.2, 0.25) is 0 Å². The predicted molar refractivity (Wildman–Crippen MR) is 71.1 cm³/mol. The minimum absolute atomic E-state index is 0.113. The van der Waals surface area contributed by atoms with Crippen LogP contribution in [0.5, 0.6) is 11.5 Å². The van der Waals surface area contributed by atoms with Gasteiger partial charge in [-0.05, 0) is 18.2 Å². The minimum atomic E-state index is -0.641. The van der Waals surface area contributed by atoms with E-state index in [1.807, 2.05) is 0 Å². The molecule has 1 aromatic rings. The van der Waals surface area contributed by atoms with Crippen molar-refractivity contribution in [3.05, 3.63) is 23.8 Å². The third-order valence-corrected chi connectivity index (χ3v) is 3.55. The van der Waals surface area contributed by atoms with E-state index in [0.29, 0.717) is 30.2 Å². The zero-order valence-corrected chi connectivity index (χ0v) is 11.5. The highest BCUT2D eigenvalue weighted by atomic mass is 16.7. The first-order valence-corrected chi connectivity index (χ1v) is 6.53. The van der Waals surface area contributed by atoms with Crippen molar-refractivity contribution in [1.29, 1.82) is 0 Å². The van der Waals surface area contributed by atoms with Crippen LogP contribution < -0.4 is 9.47 Å². The van der Waals surface area contributed by atoms with Crippen LogP contribution in [-0.2, 0) is 9.59 Å². The Bertz CT molecular complexity index is 628. The molecule has 3 rings (SSSR count). The average Bonchev–Trinajstić information content (AvgIpc) is 2.95. The molecule has 2 aliphatic heterocycles. The summed E-state index contributed by atoms with van der Waals surface area (Å²) in [6.45, 7) is 0.812. The largest absolute Gasteiger partial charge is 0.454 e. The van der Waals surface area contributed by atoms with Gasteiger partial charge in [0, 0.05) is 25.7 Å². The zero-order chi connectivity index (χ0) is 15.0. The van der Waals surface area contributed by atoms with Crippen molar-refractivity contribution in [2.24, 2.45) is 0 Å². The van der Waals surface area contributed by atoms with E-state index < -0.39 is 11.8 Å². The summed E-state index contributed by atoms with van der Waals surface area (Å²) in [7, 11) is 1.57. The first kappa shape index (κ1) is 13.4. The molecule has 0 saturated carbocycles. The SMILES string of the molecule is CN1CCN(CC(=O)c2ccc3c(c2)OCO3)C(=O)C1=O. The van der Waals surface area contributed by atoms with Gasteiger partial charge in [0.1, 0.15) is 0 Å². The molecule has 2 heterocycles. The molecule has 0 spiro atoms. The summed E-state index contributed by atoms with van der Waals surface area (Å²) in [5.74, 6) is -0.351. The Hall–Kier alpha value is -2.57. The van der Waals surface area contributed by atoms with Crippen LogP contribution in [0, 0.1) is 0 Å². The Labute approximate surface area is 121 Å². The van der Waals surface area contributed by atoms with Crippen molar-refractivity contribution in [3.8, 4) is 11.5 Å². The zero-order valence-electron chi connectivity index (χ0n) is 11.5. The fourth-order valence-electron chi connectivity index (χ4n) is 2.26. The summed E-state index contributed by atoms with van der Waals surface area (Å²) in [6, 6.07) is 4.87. The molecule has 0 unspecified atom stereocenters. The van der Waals surface area contributed by atoms with E-state index in [9.17, 15) is 14.4 Å². The smallest absolute Gasteiger partial charge is 0.312 e. The molecule has 1 saturated heterocycles. The molecular weight excluding hydrogens is 276 g/mol. The van der Waals surface area contributed by atoms with Gasteiger partial charge in [-0.25, -0.2) is 0 Å². The number of benzene rings is 1. The number of amides is 2. The highest BCUT2D eigenvalue weighted by Crippen LogP contribution is 2.32. The molecule has 0 aliphatic carbocycles. The van der Waals surface area contributed by atoms with Crippen molar-refractivity contribution in [2.45, 2.75) is 0 Å². The van der Waals surface area contributed by atoms with Gasteiger partial charge in [0.2, 0.25) is 6.79 Å². The van der Waals surface area contributed by atoms with E-state index in [-0.39, 0.29) is 19.1 Å². The maximum atomic E-state index is 12.2. The maximum absolute atomic E-state index is 12.2. The Balaban J connectivity index is 1.72. The Morgan fingerprint density at radius 2 is 1.90 bits per heavy atom. The Morgan fingerprint density at radius 1 is 1.14 bits per heavy atom. The second-order valence-electron chi connectivity index (χ2n) is 4.94. The Kier molecular flexibility index (Phi) is 3.25. The Morgan fingerprint density at radius 3 is 2.71 bits per heavy atom. The lowest BCUT2D eigenvalue weighted by molar-refractivity contribution is -0.154. The summed E-state index contributed by atoms with van der Waals surface area (Å²) < 4.78 is 10.4. The average molecular weight is 290 g/mol. The summed E-state index contributed by atoms with van der Waals surface area (Å²) in [4.78, 5) is 38.3. The lowest BCUT2D eigenvalue weighted by atomic mass is 10.1. The number of ether oxygens (including phenoxy) is 2. The minimum Gasteiger partial charge on any atom is -0.454 e. The molecule has 2 amide bonds. The normalized spacial score (nSPS) is 17.4. The van der Waals surface area contributed by atoms with E-state index >= 15 is 0 Å². The van der Waals surface area contributed by atoms with Crippen molar-refractivity contribution >= 4 is 17.6 Å². The van der Waals surface area contributed by atoms with Crippen LogP contribution in [0.3, 0.4) is 0 Å². The van der Waals surface area contributed by atoms with Crippen molar-refractivity contribution in [1.82, 2.24) is 9.80 Å². The number of ketones is 1. The van der Waals surface area contributed by atoms with Gasteiger partial charge in [-0.2, -0.15) is 0 Å². The van der Waals surface area contributed by atoms with E-state index in [0.717, 1.165) is 0 Å². The van der Waals surface area contributed by atoms with Gasteiger partial charge in [0.05, 0.1) is 6.54 Å². The van der Waals surface area contributed by atoms with Crippen LogP contribution >= 0.6 is 0 Å². The molecule has 110 valence electrons. The molecule has 7 nitrogen and oxygen atoms in total. The monoisotopic (exact) mass is 290 g/mol. The van der Waals surface area contributed by atoms with Gasteiger partial charge >= 0.3 is 11.8 Å². The predicted octanol–water partition coefficient (Wildman–Crippen LogP) is -0.101. The summed E-state index contributed by atoms with van der Waals surface area (Å²) in [5.41, 5.74) is 0.429. The highest BCUT2D eigenvalue weighted by Gasteiger charge is 2.31. The first-order valence-electron chi connectivity index (χ1n) is 6.53. The number of piperazine rings is 1. The van der Waals surface area contributed by atoms with Crippen molar-refractivity contribution in [3.63, 3.8) is 0 Å². The molecule has 0 bridgehead atoms. The van der Waals surface area contributed by atoms with Crippen molar-refractivity contribution in [2.75, 3.05) is 33.5 Å². The molecule has 21 heavy (non-hydrogen) atoms. The number of nitrogens with zero attached hydrogens (tertiary/aromatic N) is 2. The highest BCUT2D eigenvalue weighted by molar-refractivity contribution is 6.35. The van der Waals surface area contributed by atoms with E-state index in [2.05, 4.69) is 0 Å². The van der Waals surface area contributed by atoms with Gasteiger partial charge in [-0.3, -0.25) is 14.4 Å². The number of hydrogen-bond acceptors (Lipinski definition) is 5. The fourth-order valence-corrected chi connectivity index (χ4v) is 2.26. The fraction of sp³-hybridized carbons (Fsp3) is 0.357. The molecular formula is C14H14N2O5. The topological polar surface area (TPSA) is 76.2 Å². The van der Waals surface area contributed by atoms with Crippen LogP contribution in [0.1, 0.15) is 10.4 Å². The number of rotatable bonds is 3. The molecule has 7 heteroatoms. The summed E-state index contributed by atoms with van der Waals surface area (Å²) in [5, 5.41) is 0. The number of Topliss-reactive ketones (excluding diaryl/α,β-unsaturated/α-hetero) is 1. The summed E-state index contributed by atoms with van der Waals surface area (Å²) in [6.07, 6.45) is 0. The number of likely N-dealkylation sites (N-methyl/N-ethyl adjacent to an activating group) is 1. The van der Waals surface area contributed by atoms with Crippen LogP contribution in [0.15, 0.2) is 18.2 Å². The first-order chi connectivity index (χ1) is 10.1. The summed E-state index contributed by atoms with van der Waals surface area (Å²) >= 11 is 0. The van der Waals surface area contributed by atoms with Gasteiger partial charge in [0.25, 0.3) is 0 Å². The lowest BCUT2D eigenvalue weighted by Gasteiger charge is -2.30. The third kappa shape index (κ3) is 2.42. The van der Waals surface area contributed by atoms with E-state index in [4.69, 9.17) is 9.47 Å². The van der Waals surface area contributed by atoms with E-state index in [1.165, 1.54) is 9.80 Å². The molecule has 0 aromatic heterocycles. The van der Waals surface area contributed by atoms with Gasteiger partial charge in [-0.15, -0.1) is 0 Å². The molecule has 0 N–H and O–H groups in total. The molecule has 1 aromatic carbocycles. The van der Waals surface area contributed by atoms with Gasteiger partial charge in [-0.1, -0.05) is 0 Å². The molecule has 0 radical (unpaired) electrons. The number of carbonyl (C=O) groups excluding carboxylic acids is 3. The van der Waals surface area contributed by atoms with Crippen LogP contribution in [-0.4, -0.2) is 60.9 Å². The molecule has 1 fully saturated rings. The number of carbonyl (C=O) groups is 3. The molecule has 0 atom stereocenters. The van der Waals surface area contributed by atoms with Gasteiger partial charge in [0.15, 0.2) is 17.3 Å². The van der Waals surface area contributed by atoms with Gasteiger partial charge < -0.3 is 19.3 Å². The van der Waals surface area contributed by atoms with Crippen LogP contribution in [0.25, 0.3) is 0 Å². The number of hydrogen-bond donors (Lipinski definition) is 0. The standard InChI is InChI=1S/C14H14N2O5/c1-15-4-5-16(14(19)13(15)18)7-10(17)9-2-3-11-12(6-9)21-8-20-11/h2-3,6H,4-5,7-8H2,1H3.